The minimum Gasteiger partial charge on any atom is -0.409 e. The zero-order chi connectivity index (χ0) is 15.5. The fourth-order valence-corrected chi connectivity index (χ4v) is 3.07. The van der Waals surface area contributed by atoms with Gasteiger partial charge < -0.3 is 16.3 Å². The smallest absolute Gasteiger partial charge is 0.234 e. The van der Waals surface area contributed by atoms with Crippen molar-refractivity contribution >= 4 is 23.3 Å². The predicted molar refractivity (Wildman–Crippen MR) is 82.3 cm³/mol. The molecule has 4 N–H and O–H groups in total. The number of nitrogens with two attached hydrogens (primary N) is 1. The van der Waals surface area contributed by atoms with Crippen molar-refractivity contribution in [2.24, 2.45) is 16.3 Å². The molecule has 5 nitrogen and oxygen atoms in total. The van der Waals surface area contributed by atoms with E-state index in [1.807, 2.05) is 25.1 Å². The van der Waals surface area contributed by atoms with Crippen molar-refractivity contribution in [3.05, 3.63) is 34.9 Å². The molecule has 0 spiro atoms. The number of benzene rings is 1. The lowest BCUT2D eigenvalue weighted by Crippen LogP contribution is -2.48. The topological polar surface area (TPSA) is 87.7 Å². The van der Waals surface area contributed by atoms with Gasteiger partial charge in [0.2, 0.25) is 5.91 Å². The van der Waals surface area contributed by atoms with Gasteiger partial charge in [0.25, 0.3) is 0 Å². The summed E-state index contributed by atoms with van der Waals surface area (Å²) in [5.41, 5.74) is 5.80. The number of carbonyl (C=O) groups excluding carboxylic acids is 1. The van der Waals surface area contributed by atoms with E-state index in [4.69, 9.17) is 22.5 Å². The highest BCUT2D eigenvalue weighted by Gasteiger charge is 2.45. The summed E-state index contributed by atoms with van der Waals surface area (Å²) in [7, 11) is 0. The monoisotopic (exact) mass is 309 g/mol. The number of halogens is 1. The Morgan fingerprint density at radius 3 is 2.71 bits per heavy atom. The SMILES string of the molecule is CC(NC(=O)C1(C(N)=NO)CCCC1)c1cccc(Cl)c1. The van der Waals surface area contributed by atoms with Crippen LogP contribution in [0.1, 0.15) is 44.2 Å². The molecular formula is C15H20ClN3O2. The Morgan fingerprint density at radius 2 is 2.14 bits per heavy atom. The summed E-state index contributed by atoms with van der Waals surface area (Å²) >= 11 is 5.97. The molecular weight excluding hydrogens is 290 g/mol. The number of nitrogens with zero attached hydrogens (tertiary/aromatic N) is 1. The number of carbonyl (C=O) groups is 1. The summed E-state index contributed by atoms with van der Waals surface area (Å²) in [5, 5.41) is 15.6. The van der Waals surface area contributed by atoms with E-state index in [2.05, 4.69) is 10.5 Å². The summed E-state index contributed by atoms with van der Waals surface area (Å²) in [5.74, 6) is -0.196. The van der Waals surface area contributed by atoms with Gasteiger partial charge in [-0.15, -0.1) is 0 Å². The van der Waals surface area contributed by atoms with Crippen molar-refractivity contribution in [3.63, 3.8) is 0 Å². The van der Waals surface area contributed by atoms with Crippen LogP contribution in [0.25, 0.3) is 0 Å². The van der Waals surface area contributed by atoms with Crippen molar-refractivity contribution in [1.29, 1.82) is 0 Å². The summed E-state index contributed by atoms with van der Waals surface area (Å²) in [6.07, 6.45) is 3.01. The van der Waals surface area contributed by atoms with E-state index in [1.54, 1.807) is 6.07 Å². The maximum absolute atomic E-state index is 12.6. The third-order valence-corrected chi connectivity index (χ3v) is 4.42. The van der Waals surface area contributed by atoms with Crippen LogP contribution in [0, 0.1) is 5.41 Å². The Bertz CT molecular complexity index is 554. The molecule has 0 radical (unpaired) electrons. The lowest BCUT2D eigenvalue weighted by molar-refractivity contribution is -0.128. The van der Waals surface area contributed by atoms with Crippen molar-refractivity contribution < 1.29 is 10.0 Å². The Labute approximate surface area is 129 Å². The molecule has 0 aliphatic heterocycles. The predicted octanol–water partition coefficient (Wildman–Crippen LogP) is 2.82. The van der Waals surface area contributed by atoms with E-state index in [-0.39, 0.29) is 17.8 Å². The molecule has 0 aromatic heterocycles. The molecule has 1 aromatic rings. The molecule has 1 amide bonds. The highest BCUT2D eigenvalue weighted by molar-refractivity contribution is 6.30. The van der Waals surface area contributed by atoms with Crippen molar-refractivity contribution in [2.45, 2.75) is 38.6 Å². The minimum absolute atomic E-state index is 0.00389. The van der Waals surface area contributed by atoms with E-state index in [1.165, 1.54) is 0 Å². The quantitative estimate of drug-likeness (QED) is 0.346. The molecule has 6 heteroatoms. The van der Waals surface area contributed by atoms with Crippen LogP contribution in [0.4, 0.5) is 0 Å². The van der Waals surface area contributed by atoms with Gasteiger partial charge in [0, 0.05) is 5.02 Å². The Balaban J connectivity index is 2.16. The van der Waals surface area contributed by atoms with E-state index in [0.29, 0.717) is 17.9 Å². The van der Waals surface area contributed by atoms with Crippen molar-refractivity contribution in [2.75, 3.05) is 0 Å². The minimum atomic E-state index is -0.887. The first-order valence-corrected chi connectivity index (χ1v) is 7.42. The third kappa shape index (κ3) is 3.13. The maximum atomic E-state index is 12.6. The van der Waals surface area contributed by atoms with Crippen LogP contribution in [0.3, 0.4) is 0 Å². The van der Waals surface area contributed by atoms with E-state index in [0.717, 1.165) is 18.4 Å². The second-order valence-electron chi connectivity index (χ2n) is 5.52. The van der Waals surface area contributed by atoms with E-state index in [9.17, 15) is 4.79 Å². The van der Waals surface area contributed by atoms with Gasteiger partial charge in [0.05, 0.1) is 6.04 Å². The zero-order valence-electron chi connectivity index (χ0n) is 12.0. The number of rotatable bonds is 4. The van der Waals surface area contributed by atoms with Gasteiger partial charge in [-0.3, -0.25) is 4.79 Å². The zero-order valence-corrected chi connectivity index (χ0v) is 12.7. The van der Waals surface area contributed by atoms with Crippen LogP contribution in [-0.2, 0) is 4.79 Å². The van der Waals surface area contributed by atoms with Gasteiger partial charge in [0.15, 0.2) is 5.84 Å². The van der Waals surface area contributed by atoms with Crippen LogP contribution >= 0.6 is 11.6 Å². The molecule has 1 saturated carbocycles. The third-order valence-electron chi connectivity index (χ3n) is 4.19. The highest BCUT2D eigenvalue weighted by atomic mass is 35.5. The molecule has 114 valence electrons. The largest absolute Gasteiger partial charge is 0.409 e. The summed E-state index contributed by atoms with van der Waals surface area (Å²) < 4.78 is 0. The second kappa shape index (κ2) is 6.35. The average molecular weight is 310 g/mol. The lowest BCUT2D eigenvalue weighted by atomic mass is 9.83. The molecule has 21 heavy (non-hydrogen) atoms. The number of amidine groups is 1. The van der Waals surface area contributed by atoms with Crippen LogP contribution in [0.15, 0.2) is 29.4 Å². The Kier molecular flexibility index (Phi) is 4.73. The molecule has 1 aliphatic rings. The van der Waals surface area contributed by atoms with E-state index < -0.39 is 5.41 Å². The Hall–Kier alpha value is -1.75. The van der Waals surface area contributed by atoms with Gasteiger partial charge in [-0.2, -0.15) is 0 Å². The maximum Gasteiger partial charge on any atom is 0.234 e. The molecule has 1 aliphatic carbocycles. The number of nitrogens with one attached hydrogen (secondary N) is 1. The first kappa shape index (κ1) is 15.6. The lowest BCUT2D eigenvalue weighted by Gasteiger charge is -2.28. The second-order valence-corrected chi connectivity index (χ2v) is 5.96. The van der Waals surface area contributed by atoms with Gasteiger partial charge in [-0.25, -0.2) is 0 Å². The van der Waals surface area contributed by atoms with Crippen molar-refractivity contribution in [3.8, 4) is 0 Å². The first-order valence-electron chi connectivity index (χ1n) is 7.04. The van der Waals surface area contributed by atoms with Crippen LogP contribution in [0.2, 0.25) is 5.02 Å². The van der Waals surface area contributed by atoms with Gasteiger partial charge >= 0.3 is 0 Å². The average Bonchev–Trinajstić information content (AvgIpc) is 2.97. The van der Waals surface area contributed by atoms with Crippen LogP contribution in [0.5, 0.6) is 0 Å². The van der Waals surface area contributed by atoms with Crippen LogP contribution in [-0.4, -0.2) is 17.0 Å². The first-order chi connectivity index (χ1) is 9.99. The normalized spacial score (nSPS) is 19.2. The van der Waals surface area contributed by atoms with Crippen LogP contribution < -0.4 is 11.1 Å². The molecule has 2 rings (SSSR count). The van der Waals surface area contributed by atoms with Gasteiger partial charge in [0.1, 0.15) is 5.41 Å². The summed E-state index contributed by atoms with van der Waals surface area (Å²) in [6.45, 7) is 1.89. The fourth-order valence-electron chi connectivity index (χ4n) is 2.87. The molecule has 0 bridgehead atoms. The molecule has 1 fully saturated rings. The number of amides is 1. The summed E-state index contributed by atoms with van der Waals surface area (Å²) in [4.78, 5) is 12.6. The number of oxime groups is 1. The van der Waals surface area contributed by atoms with Gasteiger partial charge in [-0.05, 0) is 37.5 Å². The molecule has 0 heterocycles. The Morgan fingerprint density at radius 1 is 1.48 bits per heavy atom. The molecule has 1 atom stereocenters. The fraction of sp³-hybridized carbons (Fsp3) is 0.467. The molecule has 1 aromatic carbocycles. The molecule has 0 saturated heterocycles. The van der Waals surface area contributed by atoms with Gasteiger partial charge in [-0.1, -0.05) is 41.7 Å². The standard InChI is InChI=1S/C15H20ClN3O2/c1-10(11-5-4-6-12(16)9-11)18-14(20)15(13(17)19-21)7-2-3-8-15/h4-6,9-10,21H,2-3,7-8H2,1H3,(H2,17,19)(H,18,20). The number of hydrogen-bond acceptors (Lipinski definition) is 3. The van der Waals surface area contributed by atoms with Crippen molar-refractivity contribution in [1.82, 2.24) is 5.32 Å². The van der Waals surface area contributed by atoms with E-state index >= 15 is 0 Å². The highest BCUT2D eigenvalue weighted by Crippen LogP contribution is 2.39. The summed E-state index contributed by atoms with van der Waals surface area (Å²) in [6, 6.07) is 7.16. The molecule has 1 unspecified atom stereocenters. The number of hydrogen-bond donors (Lipinski definition) is 3.